The van der Waals surface area contributed by atoms with Crippen molar-refractivity contribution < 1.29 is 27.5 Å². The molecule has 0 spiro atoms. The third-order valence-corrected chi connectivity index (χ3v) is 3.49. The lowest BCUT2D eigenvalue weighted by molar-refractivity contribution is -0.153. The van der Waals surface area contributed by atoms with E-state index in [-0.39, 0.29) is 17.8 Å². The van der Waals surface area contributed by atoms with Crippen LogP contribution in [0.15, 0.2) is 30.5 Å². The highest BCUT2D eigenvalue weighted by Gasteiger charge is 2.30. The molecule has 9 heteroatoms. The van der Waals surface area contributed by atoms with Gasteiger partial charge in [-0.2, -0.15) is 18.3 Å². The highest BCUT2D eigenvalue weighted by atomic mass is 19.4. The summed E-state index contributed by atoms with van der Waals surface area (Å²) in [5.74, 6) is -1.17. The molecule has 0 bridgehead atoms. The predicted molar refractivity (Wildman–Crippen MR) is 91.5 cm³/mol. The van der Waals surface area contributed by atoms with E-state index in [9.17, 15) is 22.8 Å². The normalized spacial score (nSPS) is 12.0. The Balaban J connectivity index is 2.15. The van der Waals surface area contributed by atoms with Gasteiger partial charge in [0.25, 0.3) is 5.91 Å². The molecule has 0 unspecified atom stereocenters. The fraction of sp³-hybridized carbons (Fsp3) is 0.389. The molecule has 0 atom stereocenters. The first-order valence-electron chi connectivity index (χ1n) is 8.11. The Kier molecular flexibility index (Phi) is 5.62. The average molecular weight is 383 g/mol. The minimum Gasteiger partial charge on any atom is -0.459 e. The van der Waals surface area contributed by atoms with Crippen molar-refractivity contribution in [2.24, 2.45) is 0 Å². The number of hydrogen-bond donors (Lipinski definition) is 1. The molecule has 0 saturated heterocycles. The van der Waals surface area contributed by atoms with Crippen LogP contribution < -0.4 is 5.32 Å². The third kappa shape index (κ3) is 5.32. The fourth-order valence-corrected chi connectivity index (χ4v) is 2.33. The minimum atomic E-state index is -4.48. The second kappa shape index (κ2) is 7.42. The summed E-state index contributed by atoms with van der Waals surface area (Å²) in [6.07, 6.45) is -3.25. The highest BCUT2D eigenvalue weighted by Crippen LogP contribution is 2.30. The number of amides is 1. The maximum absolute atomic E-state index is 12.9. The zero-order valence-electron chi connectivity index (χ0n) is 15.3. The van der Waals surface area contributed by atoms with Crippen molar-refractivity contribution in [1.82, 2.24) is 15.1 Å². The first-order valence-corrected chi connectivity index (χ1v) is 8.11. The highest BCUT2D eigenvalue weighted by molar-refractivity contribution is 5.96. The molecule has 0 saturated carbocycles. The first-order chi connectivity index (χ1) is 12.4. The number of ether oxygens (including phenoxy) is 1. The van der Waals surface area contributed by atoms with Crippen LogP contribution in [0.1, 0.15) is 42.4 Å². The summed E-state index contributed by atoms with van der Waals surface area (Å²) >= 11 is 0. The van der Waals surface area contributed by atoms with Gasteiger partial charge in [0.05, 0.1) is 28.7 Å². The van der Waals surface area contributed by atoms with E-state index in [0.717, 1.165) is 12.1 Å². The molecular weight excluding hydrogens is 363 g/mol. The zero-order chi connectivity index (χ0) is 20.4. The summed E-state index contributed by atoms with van der Waals surface area (Å²) in [4.78, 5) is 23.9. The molecule has 0 radical (unpaired) electrons. The Morgan fingerprint density at radius 2 is 1.89 bits per heavy atom. The number of hydrogen-bond acceptors (Lipinski definition) is 4. The summed E-state index contributed by atoms with van der Waals surface area (Å²) in [5, 5.41) is 6.40. The monoisotopic (exact) mass is 383 g/mol. The van der Waals surface area contributed by atoms with Crippen molar-refractivity contribution in [3.05, 3.63) is 47.3 Å². The van der Waals surface area contributed by atoms with Crippen LogP contribution in [-0.4, -0.2) is 33.8 Å². The summed E-state index contributed by atoms with van der Waals surface area (Å²) in [6.45, 7) is 6.34. The van der Waals surface area contributed by atoms with Crippen LogP contribution in [0.25, 0.3) is 5.69 Å². The Morgan fingerprint density at radius 1 is 1.22 bits per heavy atom. The predicted octanol–water partition coefficient (Wildman–Crippen LogP) is 3.27. The number of benzene rings is 1. The van der Waals surface area contributed by atoms with Crippen molar-refractivity contribution in [3.63, 3.8) is 0 Å². The van der Waals surface area contributed by atoms with E-state index in [2.05, 4.69) is 10.4 Å². The van der Waals surface area contributed by atoms with E-state index in [1.54, 1.807) is 27.7 Å². The second-order valence-electron chi connectivity index (χ2n) is 6.87. The van der Waals surface area contributed by atoms with Crippen molar-refractivity contribution in [2.75, 3.05) is 6.54 Å². The van der Waals surface area contributed by atoms with Gasteiger partial charge in [-0.15, -0.1) is 0 Å². The third-order valence-electron chi connectivity index (χ3n) is 3.49. The van der Waals surface area contributed by atoms with Crippen molar-refractivity contribution in [2.45, 2.75) is 39.5 Å². The van der Waals surface area contributed by atoms with Gasteiger partial charge in [0, 0.05) is 0 Å². The number of halogens is 3. The number of aromatic nitrogens is 2. The molecule has 2 rings (SSSR count). The van der Waals surface area contributed by atoms with Crippen LogP contribution in [0, 0.1) is 6.92 Å². The van der Waals surface area contributed by atoms with Crippen LogP contribution in [0.5, 0.6) is 0 Å². The van der Waals surface area contributed by atoms with Crippen LogP contribution in [0.3, 0.4) is 0 Å². The topological polar surface area (TPSA) is 73.2 Å². The van der Waals surface area contributed by atoms with E-state index in [0.29, 0.717) is 5.69 Å². The Hall–Kier alpha value is -2.84. The van der Waals surface area contributed by atoms with Crippen molar-refractivity contribution in [1.29, 1.82) is 0 Å². The van der Waals surface area contributed by atoms with Crippen LogP contribution in [0.4, 0.5) is 13.2 Å². The van der Waals surface area contributed by atoms with Gasteiger partial charge in [0.1, 0.15) is 12.1 Å². The van der Waals surface area contributed by atoms with Crippen LogP contribution in [-0.2, 0) is 15.7 Å². The Labute approximate surface area is 154 Å². The minimum absolute atomic E-state index is 0.149. The number of esters is 1. The maximum Gasteiger partial charge on any atom is 0.416 e. The molecule has 2 aromatic rings. The zero-order valence-corrected chi connectivity index (χ0v) is 15.3. The second-order valence-corrected chi connectivity index (χ2v) is 6.87. The van der Waals surface area contributed by atoms with Gasteiger partial charge in [-0.1, -0.05) is 6.07 Å². The van der Waals surface area contributed by atoms with Gasteiger partial charge in [-0.05, 0) is 45.9 Å². The van der Waals surface area contributed by atoms with Crippen molar-refractivity contribution >= 4 is 11.9 Å². The molecule has 0 fully saturated rings. The lowest BCUT2D eigenvalue weighted by Gasteiger charge is -2.19. The lowest BCUT2D eigenvalue weighted by atomic mass is 10.2. The van der Waals surface area contributed by atoms with Gasteiger partial charge >= 0.3 is 12.1 Å². The molecule has 146 valence electrons. The standard InChI is InChI=1S/C18H20F3N3O3/c1-11-14(16(26)22-10-15(25)27-17(2,3)4)9-23-24(11)13-7-5-6-12(8-13)18(19,20)21/h5-9H,10H2,1-4H3,(H,22,26). The van der Waals surface area contributed by atoms with E-state index in [1.165, 1.54) is 23.0 Å². The smallest absolute Gasteiger partial charge is 0.416 e. The van der Waals surface area contributed by atoms with E-state index in [4.69, 9.17) is 4.74 Å². The lowest BCUT2D eigenvalue weighted by Crippen LogP contribution is -2.34. The van der Waals surface area contributed by atoms with Crippen LogP contribution >= 0.6 is 0 Å². The fourth-order valence-electron chi connectivity index (χ4n) is 2.33. The Bertz CT molecular complexity index is 852. The molecule has 1 heterocycles. The molecule has 1 aromatic heterocycles. The van der Waals surface area contributed by atoms with Gasteiger partial charge < -0.3 is 10.1 Å². The summed E-state index contributed by atoms with van der Waals surface area (Å²) in [7, 11) is 0. The van der Waals surface area contributed by atoms with E-state index < -0.39 is 29.2 Å². The number of nitrogens with zero attached hydrogens (tertiary/aromatic N) is 2. The molecule has 27 heavy (non-hydrogen) atoms. The van der Waals surface area contributed by atoms with Gasteiger partial charge in [0.15, 0.2) is 0 Å². The number of rotatable bonds is 4. The molecule has 0 aliphatic heterocycles. The van der Waals surface area contributed by atoms with Crippen LogP contribution in [0.2, 0.25) is 0 Å². The van der Waals surface area contributed by atoms with E-state index in [1.807, 2.05) is 0 Å². The summed E-state index contributed by atoms with van der Waals surface area (Å²) in [5.41, 5.74) is -0.821. The first kappa shape index (κ1) is 20.5. The number of nitrogens with one attached hydrogen (secondary N) is 1. The van der Waals surface area contributed by atoms with Gasteiger partial charge in [0.2, 0.25) is 0 Å². The average Bonchev–Trinajstić information content (AvgIpc) is 2.92. The quantitative estimate of drug-likeness (QED) is 0.823. The SMILES string of the molecule is Cc1c(C(=O)NCC(=O)OC(C)(C)C)cnn1-c1cccc(C(F)(F)F)c1. The van der Waals surface area contributed by atoms with E-state index >= 15 is 0 Å². The molecule has 6 nitrogen and oxygen atoms in total. The molecule has 1 N–H and O–H groups in total. The molecule has 0 aliphatic rings. The summed E-state index contributed by atoms with van der Waals surface area (Å²) in [6, 6.07) is 4.62. The maximum atomic E-state index is 12.9. The van der Waals surface area contributed by atoms with Crippen molar-refractivity contribution in [3.8, 4) is 5.69 Å². The number of carbonyl (C=O) groups excluding carboxylic acids is 2. The molecule has 1 aromatic carbocycles. The molecule has 1 amide bonds. The Morgan fingerprint density at radius 3 is 2.48 bits per heavy atom. The number of alkyl halides is 3. The van der Waals surface area contributed by atoms with Gasteiger partial charge in [-0.25, -0.2) is 4.68 Å². The summed E-state index contributed by atoms with van der Waals surface area (Å²) < 4.78 is 44.9. The molecule has 0 aliphatic carbocycles. The largest absolute Gasteiger partial charge is 0.459 e. The van der Waals surface area contributed by atoms with Gasteiger partial charge in [-0.3, -0.25) is 9.59 Å². The molecular formula is C18H20F3N3O3. The number of carbonyl (C=O) groups is 2.